The van der Waals surface area contributed by atoms with Crippen molar-refractivity contribution >= 4 is 11.8 Å². The van der Waals surface area contributed by atoms with Gasteiger partial charge in [0.15, 0.2) is 5.82 Å². The quantitative estimate of drug-likeness (QED) is 0.725. The van der Waals surface area contributed by atoms with Gasteiger partial charge in [-0.1, -0.05) is 0 Å². The molecule has 0 spiro atoms. The van der Waals surface area contributed by atoms with Crippen LogP contribution in [0.5, 0.6) is 0 Å². The first-order valence-corrected chi connectivity index (χ1v) is 6.32. The molecule has 0 amide bonds. The lowest BCUT2D eigenvalue weighted by atomic mass is 10.3. The zero-order chi connectivity index (χ0) is 14.4. The summed E-state index contributed by atoms with van der Waals surface area (Å²) in [6.45, 7) is 4.48. The normalized spacial score (nSPS) is 10.6. The van der Waals surface area contributed by atoms with Crippen molar-refractivity contribution in [1.29, 1.82) is 0 Å². The summed E-state index contributed by atoms with van der Waals surface area (Å²) in [6.07, 6.45) is 4.26. The largest absolute Gasteiger partial charge is 0.469 e. The molecule has 0 saturated heterocycles. The molecule has 0 atom stereocenters. The minimum absolute atomic E-state index is 0.0951. The Morgan fingerprint density at radius 2 is 2.21 bits per heavy atom. The molecular weight excluding hydrogens is 246 g/mol. The summed E-state index contributed by atoms with van der Waals surface area (Å²) >= 11 is 0. The average Bonchev–Trinajstić information content (AvgIpc) is 2.38. The first-order chi connectivity index (χ1) is 8.97. The highest BCUT2D eigenvalue weighted by Crippen LogP contribution is 2.06. The molecule has 0 aliphatic rings. The van der Waals surface area contributed by atoms with Gasteiger partial charge in [0.05, 0.1) is 7.11 Å². The van der Waals surface area contributed by atoms with Crippen LogP contribution in [-0.2, 0) is 9.53 Å². The third-order valence-electron chi connectivity index (χ3n) is 2.87. The van der Waals surface area contributed by atoms with E-state index < -0.39 is 0 Å². The van der Waals surface area contributed by atoms with Gasteiger partial charge in [0.1, 0.15) is 0 Å². The number of nitrogens with zero attached hydrogens (tertiary/aromatic N) is 3. The topological polar surface area (TPSA) is 64.4 Å². The molecule has 0 aliphatic heterocycles. The molecule has 1 heterocycles. The van der Waals surface area contributed by atoms with Gasteiger partial charge in [-0.05, 0) is 20.3 Å². The van der Waals surface area contributed by atoms with Crippen molar-refractivity contribution in [1.82, 2.24) is 9.55 Å². The number of rotatable bonds is 6. The first kappa shape index (κ1) is 15.2. The molecule has 0 radical (unpaired) electrons. The highest BCUT2D eigenvalue weighted by molar-refractivity contribution is 5.69. The predicted octanol–water partition coefficient (Wildman–Crippen LogP) is 1.21. The Hall–Kier alpha value is -1.85. The fourth-order valence-electron chi connectivity index (χ4n) is 1.75. The van der Waals surface area contributed by atoms with Gasteiger partial charge >= 0.3 is 5.97 Å². The molecule has 0 N–H and O–H groups in total. The number of anilines is 1. The molecule has 19 heavy (non-hydrogen) atoms. The molecule has 6 heteroatoms. The molecule has 1 rings (SSSR count). The summed E-state index contributed by atoms with van der Waals surface area (Å²) < 4.78 is 6.21. The van der Waals surface area contributed by atoms with E-state index in [0.29, 0.717) is 25.2 Å². The molecule has 106 valence electrons. The van der Waals surface area contributed by atoms with E-state index in [2.05, 4.69) is 9.72 Å². The summed E-state index contributed by atoms with van der Waals surface area (Å²) in [5, 5.41) is 0. The number of carbonyl (C=O) groups excluding carboxylic acids is 1. The second-order valence-corrected chi connectivity index (χ2v) is 4.66. The number of hydrogen-bond acceptors (Lipinski definition) is 5. The Morgan fingerprint density at radius 1 is 1.53 bits per heavy atom. The van der Waals surface area contributed by atoms with Crippen molar-refractivity contribution in [3.8, 4) is 0 Å². The maximum absolute atomic E-state index is 12.2. The van der Waals surface area contributed by atoms with E-state index in [1.807, 2.05) is 13.8 Å². The maximum atomic E-state index is 12.2. The predicted molar refractivity (Wildman–Crippen MR) is 73.4 cm³/mol. The van der Waals surface area contributed by atoms with Crippen molar-refractivity contribution in [3.63, 3.8) is 0 Å². The van der Waals surface area contributed by atoms with E-state index in [4.69, 9.17) is 0 Å². The lowest BCUT2D eigenvalue weighted by molar-refractivity contribution is -0.140. The summed E-state index contributed by atoms with van der Waals surface area (Å²) in [4.78, 5) is 29.1. The van der Waals surface area contributed by atoms with Crippen LogP contribution in [0.4, 0.5) is 5.82 Å². The fraction of sp³-hybridized carbons (Fsp3) is 0.615. The molecule has 6 nitrogen and oxygen atoms in total. The zero-order valence-electron chi connectivity index (χ0n) is 11.9. The molecule has 1 aromatic heterocycles. The Balaban J connectivity index is 2.72. The summed E-state index contributed by atoms with van der Waals surface area (Å²) in [5.74, 6) is 0.162. The second-order valence-electron chi connectivity index (χ2n) is 4.66. The number of carbonyl (C=O) groups is 1. The number of aromatic nitrogens is 2. The number of esters is 1. The van der Waals surface area contributed by atoms with E-state index in [9.17, 15) is 9.59 Å². The second kappa shape index (κ2) is 6.92. The highest BCUT2D eigenvalue weighted by Gasteiger charge is 2.11. The lowest BCUT2D eigenvalue weighted by Crippen LogP contribution is -2.32. The first-order valence-electron chi connectivity index (χ1n) is 6.32. The van der Waals surface area contributed by atoms with Crippen LogP contribution < -0.4 is 10.5 Å². The van der Waals surface area contributed by atoms with Crippen LogP contribution in [0.1, 0.15) is 32.7 Å². The van der Waals surface area contributed by atoms with Crippen LogP contribution in [0.2, 0.25) is 0 Å². The number of ether oxygens (including phenoxy) is 1. The Morgan fingerprint density at radius 3 is 2.79 bits per heavy atom. The molecule has 0 saturated carbocycles. The van der Waals surface area contributed by atoms with E-state index >= 15 is 0 Å². The van der Waals surface area contributed by atoms with Crippen LogP contribution in [0, 0.1) is 0 Å². The highest BCUT2D eigenvalue weighted by atomic mass is 16.5. The standard InChI is InChI=1S/C13H21N3O3/c1-10(2)16-9-7-14-12(13(16)18)15(3)8-5-6-11(17)19-4/h7,9-10H,5-6,8H2,1-4H3. The number of methoxy groups -OCH3 is 1. The molecule has 0 unspecified atom stereocenters. The van der Waals surface area contributed by atoms with Gasteiger partial charge in [0.2, 0.25) is 0 Å². The van der Waals surface area contributed by atoms with E-state index in [0.717, 1.165) is 0 Å². The van der Waals surface area contributed by atoms with Crippen LogP contribution >= 0.6 is 0 Å². The summed E-state index contributed by atoms with van der Waals surface area (Å²) in [6, 6.07) is 0.0951. The van der Waals surface area contributed by atoms with Crippen molar-refractivity contribution in [2.45, 2.75) is 32.7 Å². The third kappa shape index (κ3) is 4.08. The summed E-state index contributed by atoms with van der Waals surface area (Å²) in [5.41, 5.74) is -0.113. The van der Waals surface area contributed by atoms with Gasteiger partial charge in [0.25, 0.3) is 5.56 Å². The van der Waals surface area contributed by atoms with Gasteiger partial charge in [-0.3, -0.25) is 9.59 Å². The van der Waals surface area contributed by atoms with Crippen molar-refractivity contribution < 1.29 is 9.53 Å². The number of hydrogen-bond donors (Lipinski definition) is 0. The lowest BCUT2D eigenvalue weighted by Gasteiger charge is -2.19. The molecular formula is C13H21N3O3. The van der Waals surface area contributed by atoms with Gasteiger partial charge in [-0.25, -0.2) is 4.98 Å². The molecule has 0 bridgehead atoms. The maximum Gasteiger partial charge on any atom is 0.305 e. The van der Waals surface area contributed by atoms with E-state index in [1.165, 1.54) is 7.11 Å². The van der Waals surface area contributed by atoms with Gasteiger partial charge < -0.3 is 14.2 Å². The van der Waals surface area contributed by atoms with Crippen LogP contribution in [0.25, 0.3) is 0 Å². The average molecular weight is 267 g/mol. The van der Waals surface area contributed by atoms with Crippen molar-refractivity contribution in [3.05, 3.63) is 22.7 Å². The van der Waals surface area contributed by atoms with E-state index in [-0.39, 0.29) is 17.6 Å². The summed E-state index contributed by atoms with van der Waals surface area (Å²) in [7, 11) is 3.16. The molecule has 1 aromatic rings. The van der Waals surface area contributed by atoms with Crippen LogP contribution in [0.3, 0.4) is 0 Å². The minimum Gasteiger partial charge on any atom is -0.469 e. The van der Waals surface area contributed by atoms with Gasteiger partial charge in [0, 0.05) is 38.4 Å². The molecule has 0 fully saturated rings. The smallest absolute Gasteiger partial charge is 0.305 e. The molecule has 0 aliphatic carbocycles. The third-order valence-corrected chi connectivity index (χ3v) is 2.87. The Kier molecular flexibility index (Phi) is 5.54. The molecule has 0 aromatic carbocycles. The zero-order valence-corrected chi connectivity index (χ0v) is 11.9. The monoisotopic (exact) mass is 267 g/mol. The van der Waals surface area contributed by atoms with Gasteiger partial charge in [-0.15, -0.1) is 0 Å². The van der Waals surface area contributed by atoms with Crippen molar-refractivity contribution in [2.75, 3.05) is 25.6 Å². The Bertz CT molecular complexity index is 482. The van der Waals surface area contributed by atoms with Crippen LogP contribution in [0.15, 0.2) is 17.2 Å². The fourth-order valence-corrected chi connectivity index (χ4v) is 1.75. The van der Waals surface area contributed by atoms with Crippen LogP contribution in [-0.4, -0.2) is 36.2 Å². The van der Waals surface area contributed by atoms with Gasteiger partial charge in [-0.2, -0.15) is 0 Å². The van der Waals surface area contributed by atoms with E-state index in [1.54, 1.807) is 28.9 Å². The van der Waals surface area contributed by atoms with Crippen molar-refractivity contribution in [2.24, 2.45) is 0 Å². The minimum atomic E-state index is -0.242. The SMILES string of the molecule is COC(=O)CCCN(C)c1nccn(C(C)C)c1=O. The Labute approximate surface area is 113 Å².